The summed E-state index contributed by atoms with van der Waals surface area (Å²) in [5, 5.41) is 0. The standard InChI is InChI=1S/C21H25N3O4/c1-3-22(4-2)19(25)16-7-5-8-17(15-16)20(26)23-10-12-24(13-11-23)21(27)18-9-6-14-28-18/h5-9,14-15H,3-4,10-13H2,1-2H3. The fraction of sp³-hybridized carbons (Fsp3) is 0.381. The van der Waals surface area contributed by atoms with Gasteiger partial charge in [0.2, 0.25) is 0 Å². The first-order valence-corrected chi connectivity index (χ1v) is 9.56. The zero-order valence-electron chi connectivity index (χ0n) is 16.3. The van der Waals surface area contributed by atoms with Gasteiger partial charge in [-0.05, 0) is 44.2 Å². The Bertz CT molecular complexity index is 835. The molecule has 0 saturated carbocycles. The third-order valence-electron chi connectivity index (χ3n) is 4.99. The van der Waals surface area contributed by atoms with Crippen LogP contribution < -0.4 is 0 Å². The topological polar surface area (TPSA) is 74.1 Å². The number of benzene rings is 1. The molecule has 1 aliphatic heterocycles. The summed E-state index contributed by atoms with van der Waals surface area (Å²) in [4.78, 5) is 42.9. The fourth-order valence-corrected chi connectivity index (χ4v) is 3.33. The van der Waals surface area contributed by atoms with E-state index >= 15 is 0 Å². The third-order valence-corrected chi connectivity index (χ3v) is 4.99. The Hall–Kier alpha value is -3.09. The molecule has 1 aromatic carbocycles. The Labute approximate surface area is 164 Å². The van der Waals surface area contributed by atoms with Gasteiger partial charge in [-0.3, -0.25) is 14.4 Å². The molecule has 0 radical (unpaired) electrons. The number of hydrogen-bond acceptors (Lipinski definition) is 4. The molecule has 0 bridgehead atoms. The number of carbonyl (C=O) groups is 3. The first-order chi connectivity index (χ1) is 13.5. The Morgan fingerprint density at radius 3 is 2.07 bits per heavy atom. The van der Waals surface area contributed by atoms with Gasteiger partial charge in [0.15, 0.2) is 5.76 Å². The summed E-state index contributed by atoms with van der Waals surface area (Å²) in [7, 11) is 0. The molecule has 1 saturated heterocycles. The summed E-state index contributed by atoms with van der Waals surface area (Å²) >= 11 is 0. The molecule has 2 aromatic rings. The van der Waals surface area contributed by atoms with E-state index in [0.717, 1.165) is 0 Å². The van der Waals surface area contributed by atoms with E-state index in [2.05, 4.69) is 0 Å². The van der Waals surface area contributed by atoms with Gasteiger partial charge in [0.05, 0.1) is 6.26 Å². The molecule has 7 heteroatoms. The second-order valence-electron chi connectivity index (χ2n) is 6.62. The van der Waals surface area contributed by atoms with E-state index < -0.39 is 0 Å². The highest BCUT2D eigenvalue weighted by Crippen LogP contribution is 2.14. The van der Waals surface area contributed by atoms with Crippen molar-refractivity contribution in [2.75, 3.05) is 39.3 Å². The summed E-state index contributed by atoms with van der Waals surface area (Å²) in [6, 6.07) is 10.2. The molecule has 0 atom stereocenters. The van der Waals surface area contributed by atoms with Gasteiger partial charge >= 0.3 is 0 Å². The van der Waals surface area contributed by atoms with Gasteiger partial charge in [-0.15, -0.1) is 0 Å². The highest BCUT2D eigenvalue weighted by molar-refractivity contribution is 6.00. The predicted molar refractivity (Wildman–Crippen MR) is 104 cm³/mol. The van der Waals surface area contributed by atoms with Gasteiger partial charge in [-0.25, -0.2) is 0 Å². The maximum Gasteiger partial charge on any atom is 0.289 e. The van der Waals surface area contributed by atoms with Gasteiger partial charge in [0.25, 0.3) is 17.7 Å². The van der Waals surface area contributed by atoms with Crippen molar-refractivity contribution in [3.63, 3.8) is 0 Å². The number of amides is 3. The first-order valence-electron chi connectivity index (χ1n) is 9.56. The van der Waals surface area contributed by atoms with Crippen LogP contribution >= 0.6 is 0 Å². The minimum atomic E-state index is -0.163. The third kappa shape index (κ3) is 4.08. The molecule has 3 rings (SSSR count). The smallest absolute Gasteiger partial charge is 0.289 e. The molecule has 1 aromatic heterocycles. The van der Waals surface area contributed by atoms with E-state index in [-0.39, 0.29) is 17.7 Å². The van der Waals surface area contributed by atoms with Crippen LogP contribution in [0.5, 0.6) is 0 Å². The largest absolute Gasteiger partial charge is 0.459 e. The molecule has 0 unspecified atom stereocenters. The van der Waals surface area contributed by atoms with E-state index in [1.54, 1.807) is 51.1 Å². The maximum atomic E-state index is 12.9. The van der Waals surface area contributed by atoms with E-state index in [4.69, 9.17) is 4.42 Å². The van der Waals surface area contributed by atoms with Crippen LogP contribution in [0.4, 0.5) is 0 Å². The Morgan fingerprint density at radius 1 is 0.893 bits per heavy atom. The monoisotopic (exact) mass is 383 g/mol. The van der Waals surface area contributed by atoms with Crippen molar-refractivity contribution in [3.8, 4) is 0 Å². The van der Waals surface area contributed by atoms with E-state index in [1.165, 1.54) is 6.26 Å². The summed E-state index contributed by atoms with van der Waals surface area (Å²) in [5.41, 5.74) is 1.00. The van der Waals surface area contributed by atoms with Gasteiger partial charge < -0.3 is 19.1 Å². The molecule has 1 aliphatic rings. The molecular weight excluding hydrogens is 358 g/mol. The molecule has 28 heavy (non-hydrogen) atoms. The summed E-state index contributed by atoms with van der Waals surface area (Å²) in [6.45, 7) is 6.89. The number of nitrogens with zero attached hydrogens (tertiary/aromatic N) is 3. The predicted octanol–water partition coefficient (Wildman–Crippen LogP) is 2.36. The van der Waals surface area contributed by atoms with Crippen LogP contribution in [0.2, 0.25) is 0 Å². The highest BCUT2D eigenvalue weighted by Gasteiger charge is 2.27. The molecule has 7 nitrogen and oxygen atoms in total. The Kier molecular flexibility index (Phi) is 6.13. The average molecular weight is 383 g/mol. The van der Waals surface area contributed by atoms with Crippen molar-refractivity contribution >= 4 is 17.7 Å². The van der Waals surface area contributed by atoms with Crippen molar-refractivity contribution < 1.29 is 18.8 Å². The van der Waals surface area contributed by atoms with Crippen LogP contribution in [0.3, 0.4) is 0 Å². The average Bonchev–Trinajstić information content (AvgIpc) is 3.28. The molecule has 0 N–H and O–H groups in total. The first kappa shape index (κ1) is 19.7. The van der Waals surface area contributed by atoms with E-state index in [9.17, 15) is 14.4 Å². The van der Waals surface area contributed by atoms with Crippen LogP contribution in [0.25, 0.3) is 0 Å². The van der Waals surface area contributed by atoms with Crippen molar-refractivity contribution in [1.82, 2.24) is 14.7 Å². The SMILES string of the molecule is CCN(CC)C(=O)c1cccc(C(=O)N2CCN(C(=O)c3ccco3)CC2)c1. The molecule has 1 fully saturated rings. The van der Waals surface area contributed by atoms with E-state index in [1.807, 2.05) is 13.8 Å². The molecule has 3 amide bonds. The number of piperazine rings is 1. The number of rotatable bonds is 5. The van der Waals surface area contributed by atoms with Gasteiger partial charge in [0.1, 0.15) is 0 Å². The van der Waals surface area contributed by atoms with Gasteiger partial charge in [0, 0.05) is 50.4 Å². The highest BCUT2D eigenvalue weighted by atomic mass is 16.3. The number of furan rings is 1. The van der Waals surface area contributed by atoms with Crippen molar-refractivity contribution in [1.29, 1.82) is 0 Å². The lowest BCUT2D eigenvalue weighted by Crippen LogP contribution is -2.50. The zero-order valence-corrected chi connectivity index (χ0v) is 16.3. The minimum absolute atomic E-state index is 0.0755. The van der Waals surface area contributed by atoms with E-state index in [0.29, 0.717) is 56.2 Å². The van der Waals surface area contributed by atoms with Crippen molar-refractivity contribution in [2.24, 2.45) is 0 Å². The summed E-state index contributed by atoms with van der Waals surface area (Å²) < 4.78 is 5.16. The molecular formula is C21H25N3O4. The lowest BCUT2D eigenvalue weighted by Gasteiger charge is -2.34. The summed E-state index contributed by atoms with van der Waals surface area (Å²) in [6.07, 6.45) is 1.47. The zero-order chi connectivity index (χ0) is 20.1. The quantitative estimate of drug-likeness (QED) is 0.794. The molecule has 0 spiro atoms. The van der Waals surface area contributed by atoms with Crippen LogP contribution in [0.15, 0.2) is 47.1 Å². The molecule has 2 heterocycles. The van der Waals surface area contributed by atoms with Crippen LogP contribution in [0, 0.1) is 0 Å². The summed E-state index contributed by atoms with van der Waals surface area (Å²) in [5.74, 6) is -0.0564. The van der Waals surface area contributed by atoms with Crippen molar-refractivity contribution in [2.45, 2.75) is 13.8 Å². The van der Waals surface area contributed by atoms with Crippen LogP contribution in [0.1, 0.15) is 45.1 Å². The Morgan fingerprint density at radius 2 is 1.50 bits per heavy atom. The number of hydrogen-bond donors (Lipinski definition) is 0. The normalized spacial score (nSPS) is 14.1. The number of carbonyl (C=O) groups excluding carboxylic acids is 3. The van der Waals surface area contributed by atoms with Gasteiger partial charge in [-0.1, -0.05) is 6.07 Å². The van der Waals surface area contributed by atoms with Crippen molar-refractivity contribution in [3.05, 3.63) is 59.5 Å². The molecule has 0 aliphatic carbocycles. The van der Waals surface area contributed by atoms with Crippen LogP contribution in [-0.2, 0) is 0 Å². The fourth-order valence-electron chi connectivity index (χ4n) is 3.33. The second-order valence-corrected chi connectivity index (χ2v) is 6.62. The van der Waals surface area contributed by atoms with Gasteiger partial charge in [-0.2, -0.15) is 0 Å². The molecule has 148 valence electrons. The second kappa shape index (κ2) is 8.73. The van der Waals surface area contributed by atoms with Crippen LogP contribution in [-0.4, -0.2) is 71.7 Å². The lowest BCUT2D eigenvalue weighted by molar-refractivity contribution is 0.0518. The minimum Gasteiger partial charge on any atom is -0.459 e. The maximum absolute atomic E-state index is 12.9. The Balaban J connectivity index is 1.64. The lowest BCUT2D eigenvalue weighted by atomic mass is 10.1.